The van der Waals surface area contributed by atoms with E-state index in [0.717, 1.165) is 31.7 Å². The molecule has 2 fully saturated rings. The molecule has 0 radical (unpaired) electrons. The molecule has 2 aliphatic rings. The van der Waals surface area contributed by atoms with E-state index in [1.54, 1.807) is 4.90 Å². The summed E-state index contributed by atoms with van der Waals surface area (Å²) in [5, 5.41) is 9.57. The minimum Gasteiger partial charge on any atom is -0.481 e. The number of likely N-dealkylation sites (tertiary alicyclic amines) is 1. The van der Waals surface area contributed by atoms with E-state index in [-0.39, 0.29) is 19.2 Å². The fourth-order valence-corrected chi connectivity index (χ4v) is 4.09. The zero-order chi connectivity index (χ0) is 20.1. The Morgan fingerprint density at radius 1 is 1.11 bits per heavy atom. The van der Waals surface area contributed by atoms with Gasteiger partial charge in [-0.3, -0.25) is 14.6 Å². The van der Waals surface area contributed by atoms with Crippen molar-refractivity contribution in [2.24, 2.45) is 5.92 Å². The fraction of sp³-hybridized carbons (Fsp3) is 0.619. The summed E-state index contributed by atoms with van der Waals surface area (Å²) >= 11 is 0. The highest BCUT2D eigenvalue weighted by Crippen LogP contribution is 2.24. The second-order valence-electron chi connectivity index (χ2n) is 8.04. The predicted molar refractivity (Wildman–Crippen MR) is 106 cm³/mol. The first-order valence-corrected chi connectivity index (χ1v) is 10.1. The molecule has 0 aromatic heterocycles. The minimum absolute atomic E-state index is 0.0634. The zero-order valence-corrected chi connectivity index (χ0v) is 16.8. The molecule has 2 saturated heterocycles. The maximum atomic E-state index is 12.6. The van der Waals surface area contributed by atoms with Crippen molar-refractivity contribution in [1.82, 2.24) is 14.7 Å². The summed E-state index contributed by atoms with van der Waals surface area (Å²) in [7, 11) is 0. The van der Waals surface area contributed by atoms with E-state index in [9.17, 15) is 14.7 Å². The number of hydrogen-bond acceptors (Lipinski definition) is 5. The summed E-state index contributed by atoms with van der Waals surface area (Å²) in [5.41, 5.74) is 0.920. The van der Waals surface area contributed by atoms with Gasteiger partial charge in [0.25, 0.3) is 0 Å². The van der Waals surface area contributed by atoms with Crippen LogP contribution in [0.4, 0.5) is 4.79 Å². The molecule has 0 aliphatic carbocycles. The molecule has 1 aromatic carbocycles. The summed E-state index contributed by atoms with van der Waals surface area (Å²) < 4.78 is 5.45. The van der Waals surface area contributed by atoms with Crippen LogP contribution in [0.3, 0.4) is 0 Å². The van der Waals surface area contributed by atoms with E-state index in [4.69, 9.17) is 4.74 Å². The highest BCUT2D eigenvalue weighted by molar-refractivity contribution is 5.73. The van der Waals surface area contributed by atoms with Crippen LogP contribution in [0.1, 0.15) is 25.8 Å². The van der Waals surface area contributed by atoms with Crippen molar-refractivity contribution < 1.29 is 19.4 Å². The van der Waals surface area contributed by atoms with Gasteiger partial charge in [-0.05, 0) is 25.8 Å². The van der Waals surface area contributed by atoms with Crippen molar-refractivity contribution in [2.75, 3.05) is 39.3 Å². The van der Waals surface area contributed by atoms with Gasteiger partial charge in [-0.15, -0.1) is 0 Å². The number of amides is 1. The lowest BCUT2D eigenvalue weighted by atomic mass is 9.93. The van der Waals surface area contributed by atoms with Crippen molar-refractivity contribution in [3.63, 3.8) is 0 Å². The summed E-state index contributed by atoms with van der Waals surface area (Å²) in [6.07, 6.45) is 0.153. The van der Waals surface area contributed by atoms with E-state index >= 15 is 0 Å². The molecule has 0 saturated carbocycles. The first-order valence-electron chi connectivity index (χ1n) is 10.1. The van der Waals surface area contributed by atoms with Gasteiger partial charge in [0.15, 0.2) is 0 Å². The number of rotatable bonds is 5. The molecule has 0 unspecified atom stereocenters. The normalized spacial score (nSPS) is 24.3. The number of ether oxygens (including phenoxy) is 1. The first kappa shape index (κ1) is 20.6. The number of carboxylic acid groups (broad SMARTS) is 1. The Kier molecular flexibility index (Phi) is 6.91. The zero-order valence-electron chi connectivity index (χ0n) is 16.8. The lowest BCUT2D eigenvalue weighted by molar-refractivity contribution is -0.144. The molecular weight excluding hydrogens is 358 g/mol. The van der Waals surface area contributed by atoms with Gasteiger partial charge >= 0.3 is 12.1 Å². The van der Waals surface area contributed by atoms with Crippen molar-refractivity contribution in [2.45, 2.75) is 39.0 Å². The number of piperazine rings is 1. The Bertz CT molecular complexity index is 659. The maximum absolute atomic E-state index is 12.6. The molecular formula is C21H31N3O4. The number of piperidine rings is 1. The average molecular weight is 389 g/mol. The van der Waals surface area contributed by atoms with Crippen LogP contribution >= 0.6 is 0 Å². The molecule has 2 heterocycles. The Morgan fingerprint density at radius 3 is 2.39 bits per heavy atom. The van der Waals surface area contributed by atoms with Gasteiger partial charge < -0.3 is 14.7 Å². The molecule has 2 aliphatic heterocycles. The molecule has 2 atom stereocenters. The Labute approximate surface area is 166 Å². The van der Waals surface area contributed by atoms with Crippen LogP contribution in [0.2, 0.25) is 0 Å². The van der Waals surface area contributed by atoms with Gasteiger partial charge in [0, 0.05) is 51.4 Å². The number of carboxylic acids is 1. The largest absolute Gasteiger partial charge is 0.481 e. The van der Waals surface area contributed by atoms with E-state index < -0.39 is 18.0 Å². The van der Waals surface area contributed by atoms with Crippen LogP contribution in [0, 0.1) is 5.92 Å². The lowest BCUT2D eigenvalue weighted by Crippen LogP contribution is -2.58. The lowest BCUT2D eigenvalue weighted by Gasteiger charge is -2.45. The van der Waals surface area contributed by atoms with Gasteiger partial charge in [-0.1, -0.05) is 30.3 Å². The predicted octanol–water partition coefficient (Wildman–Crippen LogP) is 2.12. The van der Waals surface area contributed by atoms with Crippen LogP contribution in [0.25, 0.3) is 0 Å². The molecule has 1 aromatic rings. The van der Waals surface area contributed by atoms with Crippen molar-refractivity contribution >= 4 is 12.1 Å². The molecule has 0 bridgehead atoms. The van der Waals surface area contributed by atoms with Crippen molar-refractivity contribution in [3.05, 3.63) is 35.9 Å². The molecule has 0 spiro atoms. The minimum atomic E-state index is -0.841. The van der Waals surface area contributed by atoms with Gasteiger partial charge in [0.05, 0.1) is 5.92 Å². The fourth-order valence-electron chi connectivity index (χ4n) is 4.09. The molecule has 3 rings (SSSR count). The van der Waals surface area contributed by atoms with Crippen LogP contribution in [0.15, 0.2) is 30.3 Å². The third-order valence-corrected chi connectivity index (χ3v) is 5.84. The number of aliphatic carboxylic acids is 1. The molecule has 7 heteroatoms. The van der Waals surface area contributed by atoms with Crippen LogP contribution < -0.4 is 0 Å². The van der Waals surface area contributed by atoms with Gasteiger partial charge in [-0.2, -0.15) is 0 Å². The third kappa shape index (κ3) is 5.23. The Balaban J connectivity index is 1.60. The summed E-state index contributed by atoms with van der Waals surface area (Å²) in [6.45, 7) is 9.09. The van der Waals surface area contributed by atoms with Gasteiger partial charge in [0.2, 0.25) is 0 Å². The number of nitrogens with zero attached hydrogens (tertiary/aromatic N) is 3. The van der Waals surface area contributed by atoms with Crippen LogP contribution in [-0.4, -0.2) is 83.2 Å². The number of carbonyl (C=O) groups is 2. The SMILES string of the molecule is CC(C)N1CCN([C@@H]2C[C@H](C(=O)O)CN(C(=O)OCc3ccccc3)C2)CC1. The molecule has 154 valence electrons. The number of carbonyl (C=O) groups excluding carboxylic acids is 1. The molecule has 1 amide bonds. The highest BCUT2D eigenvalue weighted by atomic mass is 16.6. The molecule has 7 nitrogen and oxygen atoms in total. The maximum Gasteiger partial charge on any atom is 0.410 e. The average Bonchev–Trinajstić information content (AvgIpc) is 2.72. The van der Waals surface area contributed by atoms with E-state index in [1.807, 2.05) is 30.3 Å². The molecule has 1 N–H and O–H groups in total. The monoisotopic (exact) mass is 389 g/mol. The highest BCUT2D eigenvalue weighted by Gasteiger charge is 2.38. The molecule has 28 heavy (non-hydrogen) atoms. The second-order valence-corrected chi connectivity index (χ2v) is 8.04. The quantitative estimate of drug-likeness (QED) is 0.832. The summed E-state index contributed by atoms with van der Waals surface area (Å²) in [4.78, 5) is 30.6. The number of hydrogen-bond donors (Lipinski definition) is 1. The van der Waals surface area contributed by atoms with E-state index in [1.165, 1.54) is 0 Å². The Hall–Kier alpha value is -2.12. The van der Waals surface area contributed by atoms with Gasteiger partial charge in [0.1, 0.15) is 6.61 Å². The van der Waals surface area contributed by atoms with Crippen molar-refractivity contribution in [3.8, 4) is 0 Å². The van der Waals surface area contributed by atoms with Crippen molar-refractivity contribution in [1.29, 1.82) is 0 Å². The van der Waals surface area contributed by atoms with E-state index in [0.29, 0.717) is 19.0 Å². The smallest absolute Gasteiger partial charge is 0.410 e. The van der Waals surface area contributed by atoms with E-state index in [2.05, 4.69) is 23.6 Å². The number of benzene rings is 1. The Morgan fingerprint density at radius 2 is 1.79 bits per heavy atom. The third-order valence-electron chi connectivity index (χ3n) is 5.84. The van der Waals surface area contributed by atoms with Crippen LogP contribution in [0.5, 0.6) is 0 Å². The summed E-state index contributed by atoms with van der Waals surface area (Å²) in [5.74, 6) is -1.39. The first-order chi connectivity index (χ1) is 13.4. The van der Waals surface area contributed by atoms with Gasteiger partial charge in [-0.25, -0.2) is 4.79 Å². The topological polar surface area (TPSA) is 73.3 Å². The standard InChI is InChI=1S/C21H31N3O4/c1-16(2)22-8-10-23(11-9-22)19-12-18(20(25)26)13-24(14-19)21(27)28-15-17-6-4-3-5-7-17/h3-7,16,18-19H,8-15H2,1-2H3,(H,25,26)/t18-,19+/m0/s1. The summed E-state index contributed by atoms with van der Waals surface area (Å²) in [6, 6.07) is 10.1. The second kappa shape index (κ2) is 9.39. The van der Waals surface area contributed by atoms with Crippen LogP contribution in [-0.2, 0) is 16.1 Å².